The van der Waals surface area contributed by atoms with Crippen LogP contribution in [0.5, 0.6) is 5.75 Å². The Balaban J connectivity index is 1.45. The second-order valence-electron chi connectivity index (χ2n) is 7.96. The molecular weight excluding hydrogens is 522 g/mol. The third kappa shape index (κ3) is 4.43. The Morgan fingerprint density at radius 2 is 1.88 bits per heavy atom. The van der Waals surface area contributed by atoms with Crippen LogP contribution < -0.4 is 4.74 Å². The van der Waals surface area contributed by atoms with Crippen LogP contribution in [0.4, 0.5) is 0 Å². The van der Waals surface area contributed by atoms with E-state index in [-0.39, 0.29) is 10.8 Å². The molecule has 1 aliphatic heterocycles. The predicted molar refractivity (Wildman–Crippen MR) is 135 cm³/mol. The summed E-state index contributed by atoms with van der Waals surface area (Å²) in [5, 5.41) is 1.21. The van der Waals surface area contributed by atoms with Gasteiger partial charge < -0.3 is 9.64 Å². The zero-order valence-corrected chi connectivity index (χ0v) is 21.0. The van der Waals surface area contributed by atoms with E-state index in [2.05, 4.69) is 46.3 Å². The van der Waals surface area contributed by atoms with Gasteiger partial charge >= 0.3 is 0 Å². The molecule has 0 radical (unpaired) electrons. The van der Waals surface area contributed by atoms with Gasteiger partial charge in [0.15, 0.2) is 9.84 Å². The molecule has 3 aromatic carbocycles. The molecule has 0 atom stereocenters. The molecule has 2 heterocycles. The summed E-state index contributed by atoms with van der Waals surface area (Å²) < 4.78 is 31.3. The number of hydrogen-bond acceptors (Lipinski definition) is 5. The summed E-state index contributed by atoms with van der Waals surface area (Å²) in [6.45, 7) is 1.24. The number of benzene rings is 3. The Kier molecular flexibility index (Phi) is 5.76. The largest absolute Gasteiger partial charge is 0.491 e. The highest BCUT2D eigenvalue weighted by Gasteiger charge is 2.24. The minimum Gasteiger partial charge on any atom is -0.491 e. The van der Waals surface area contributed by atoms with Crippen molar-refractivity contribution in [2.75, 3.05) is 19.4 Å². The molecule has 0 N–H and O–H groups in total. The Bertz CT molecular complexity index is 1460. The first-order valence-corrected chi connectivity index (χ1v) is 13.8. The number of carbonyl (C=O) groups excluding carboxylic acids is 1. The number of sulfone groups is 1. The average Bonchev–Trinajstić information content (AvgIpc) is 3.11. The molecule has 0 saturated carbocycles. The van der Waals surface area contributed by atoms with Gasteiger partial charge in [0.05, 0.1) is 17.0 Å². The van der Waals surface area contributed by atoms with Crippen molar-refractivity contribution in [3.8, 4) is 16.2 Å². The van der Waals surface area contributed by atoms with Crippen molar-refractivity contribution >= 4 is 53.1 Å². The number of halogens is 1. The fourth-order valence-electron chi connectivity index (χ4n) is 3.92. The van der Waals surface area contributed by atoms with Gasteiger partial charge in [-0.15, -0.1) is 11.3 Å². The van der Waals surface area contributed by atoms with Gasteiger partial charge in [0, 0.05) is 32.4 Å². The second kappa shape index (κ2) is 8.59. The predicted octanol–water partition coefficient (Wildman–Crippen LogP) is 5.77. The van der Waals surface area contributed by atoms with Gasteiger partial charge in [-0.05, 0) is 75.4 Å². The van der Waals surface area contributed by atoms with Crippen LogP contribution in [0.1, 0.15) is 15.9 Å². The maximum atomic E-state index is 13.3. The second-order valence-corrected chi connectivity index (χ2v) is 11.9. The molecule has 1 aromatic heterocycles. The lowest BCUT2D eigenvalue weighted by Crippen LogP contribution is -2.32. The van der Waals surface area contributed by atoms with E-state index >= 15 is 0 Å². The van der Waals surface area contributed by atoms with Crippen LogP contribution in [-0.4, -0.2) is 38.6 Å². The summed E-state index contributed by atoms with van der Waals surface area (Å²) >= 11 is 5.11. The number of amides is 1. The summed E-state index contributed by atoms with van der Waals surface area (Å²) in [5.74, 6) is 0.604. The van der Waals surface area contributed by atoms with Crippen LogP contribution in [0.3, 0.4) is 0 Å². The van der Waals surface area contributed by atoms with E-state index < -0.39 is 9.84 Å². The lowest BCUT2D eigenvalue weighted by molar-refractivity contribution is 0.0732. The van der Waals surface area contributed by atoms with Crippen molar-refractivity contribution in [1.82, 2.24) is 4.90 Å². The summed E-state index contributed by atoms with van der Waals surface area (Å²) in [5.41, 5.74) is 2.46. The molecule has 8 heteroatoms. The fraction of sp³-hybridized carbons (Fsp3) is 0.160. The highest BCUT2D eigenvalue weighted by molar-refractivity contribution is 9.10. The first kappa shape index (κ1) is 22.1. The number of hydrogen-bond donors (Lipinski definition) is 0. The SMILES string of the molecule is CS(=O)(=O)c1ccc(C(=O)N2CCOc3ccc(-c4cc5ccccc5s4)cc3C2)c(Br)c1. The third-order valence-electron chi connectivity index (χ3n) is 5.64. The zero-order valence-electron chi connectivity index (χ0n) is 17.7. The van der Waals surface area contributed by atoms with Crippen LogP contribution in [-0.2, 0) is 16.4 Å². The molecule has 0 unspecified atom stereocenters. The van der Waals surface area contributed by atoms with Crippen LogP contribution in [0, 0.1) is 0 Å². The average molecular weight is 542 g/mol. The van der Waals surface area contributed by atoms with Crippen LogP contribution in [0.25, 0.3) is 20.5 Å². The molecule has 0 fully saturated rings. The summed E-state index contributed by atoms with van der Waals surface area (Å²) in [6.07, 6.45) is 1.15. The van der Waals surface area contributed by atoms with E-state index in [1.807, 2.05) is 18.2 Å². The normalized spacial score (nSPS) is 13.9. The molecule has 168 valence electrons. The summed E-state index contributed by atoms with van der Waals surface area (Å²) in [6, 6.07) is 21.1. The van der Waals surface area contributed by atoms with E-state index in [0.29, 0.717) is 29.7 Å². The van der Waals surface area contributed by atoms with Crippen molar-refractivity contribution < 1.29 is 17.9 Å². The van der Waals surface area contributed by atoms with Crippen molar-refractivity contribution in [1.29, 1.82) is 0 Å². The topological polar surface area (TPSA) is 63.7 Å². The molecule has 0 spiro atoms. The van der Waals surface area contributed by atoms with Gasteiger partial charge in [-0.3, -0.25) is 4.79 Å². The number of fused-ring (bicyclic) bond motifs is 2. The molecule has 5 nitrogen and oxygen atoms in total. The highest BCUT2D eigenvalue weighted by atomic mass is 79.9. The monoisotopic (exact) mass is 541 g/mol. The van der Waals surface area contributed by atoms with E-state index in [9.17, 15) is 13.2 Å². The first-order valence-electron chi connectivity index (χ1n) is 10.3. The number of ether oxygens (including phenoxy) is 1. The number of carbonyl (C=O) groups is 1. The maximum Gasteiger partial charge on any atom is 0.255 e. The smallest absolute Gasteiger partial charge is 0.255 e. The Morgan fingerprint density at radius 3 is 2.64 bits per heavy atom. The Morgan fingerprint density at radius 1 is 1.06 bits per heavy atom. The number of thiophene rings is 1. The quantitative estimate of drug-likeness (QED) is 0.330. The van der Waals surface area contributed by atoms with Gasteiger partial charge in [0.25, 0.3) is 5.91 Å². The lowest BCUT2D eigenvalue weighted by Gasteiger charge is -2.21. The molecule has 1 amide bonds. The molecule has 0 saturated heterocycles. The van der Waals surface area contributed by atoms with Gasteiger partial charge in [-0.2, -0.15) is 0 Å². The molecule has 5 rings (SSSR count). The van der Waals surface area contributed by atoms with Gasteiger partial charge in [-0.1, -0.05) is 18.2 Å². The van der Waals surface area contributed by atoms with E-state index in [0.717, 1.165) is 23.1 Å². The zero-order chi connectivity index (χ0) is 23.2. The van der Waals surface area contributed by atoms with Crippen molar-refractivity contribution in [3.63, 3.8) is 0 Å². The van der Waals surface area contributed by atoms with Gasteiger partial charge in [0.2, 0.25) is 0 Å². The van der Waals surface area contributed by atoms with Crippen LogP contribution >= 0.6 is 27.3 Å². The maximum absolute atomic E-state index is 13.3. The van der Waals surface area contributed by atoms with Gasteiger partial charge in [-0.25, -0.2) is 8.42 Å². The lowest BCUT2D eigenvalue weighted by atomic mass is 10.1. The molecular formula is C25H20BrNO4S2. The third-order valence-corrected chi connectivity index (χ3v) is 8.57. The minimum atomic E-state index is -3.35. The molecule has 0 bridgehead atoms. The summed E-state index contributed by atoms with van der Waals surface area (Å²) in [4.78, 5) is 16.4. The van der Waals surface area contributed by atoms with Crippen LogP contribution in [0.15, 0.2) is 76.1 Å². The fourth-order valence-corrected chi connectivity index (χ4v) is 6.32. The standard InChI is InChI=1S/C25H20BrNO4S2/c1-33(29,30)19-7-8-20(21(26)14-19)25(28)27-10-11-31-22-9-6-17(12-18(22)15-27)24-13-16-4-2-3-5-23(16)32-24/h2-9,12-14H,10-11,15H2,1H3. The Hall–Kier alpha value is -2.68. The Labute approximate surface area is 204 Å². The number of rotatable bonds is 3. The van der Waals surface area contributed by atoms with E-state index in [4.69, 9.17) is 4.74 Å². The highest BCUT2D eigenvalue weighted by Crippen LogP contribution is 2.36. The summed E-state index contributed by atoms with van der Waals surface area (Å²) in [7, 11) is -3.35. The minimum absolute atomic E-state index is 0.170. The van der Waals surface area contributed by atoms with Crippen molar-refractivity contribution in [2.24, 2.45) is 0 Å². The molecule has 33 heavy (non-hydrogen) atoms. The van der Waals surface area contributed by atoms with Gasteiger partial charge in [0.1, 0.15) is 12.4 Å². The van der Waals surface area contributed by atoms with E-state index in [1.165, 1.54) is 27.1 Å². The molecule has 1 aliphatic rings. The number of nitrogens with zero attached hydrogens (tertiary/aromatic N) is 1. The van der Waals surface area contributed by atoms with Crippen molar-refractivity contribution in [2.45, 2.75) is 11.4 Å². The van der Waals surface area contributed by atoms with Crippen molar-refractivity contribution in [3.05, 3.63) is 82.3 Å². The van der Waals surface area contributed by atoms with Crippen LogP contribution in [0.2, 0.25) is 0 Å². The first-order chi connectivity index (χ1) is 15.8. The van der Waals surface area contributed by atoms with E-state index in [1.54, 1.807) is 22.3 Å². The molecule has 0 aliphatic carbocycles. The molecule has 4 aromatic rings.